The van der Waals surface area contributed by atoms with Gasteiger partial charge in [-0.25, -0.2) is 0 Å². The summed E-state index contributed by atoms with van der Waals surface area (Å²) in [7, 11) is 0. The molecular weight excluding hydrogens is 400 g/mol. The molecule has 0 aliphatic heterocycles. The van der Waals surface area contributed by atoms with Crippen LogP contribution in [0.3, 0.4) is 0 Å². The number of hydrogen-bond acceptors (Lipinski definition) is 6. The highest BCUT2D eigenvalue weighted by molar-refractivity contribution is 8.01. The van der Waals surface area contributed by atoms with Gasteiger partial charge in [0, 0.05) is 19.2 Å². The molecule has 1 aromatic carbocycles. The van der Waals surface area contributed by atoms with E-state index in [1.54, 1.807) is 24.8 Å². The van der Waals surface area contributed by atoms with Crippen molar-refractivity contribution in [3.63, 3.8) is 0 Å². The van der Waals surface area contributed by atoms with E-state index in [0.29, 0.717) is 31.2 Å². The Balaban J connectivity index is 0.00000392. The third-order valence-electron chi connectivity index (χ3n) is 3.91. The lowest BCUT2D eigenvalue weighted by Gasteiger charge is -2.23. The number of nitrogens with one attached hydrogen (secondary N) is 1. The molecule has 1 aromatic heterocycles. The van der Waals surface area contributed by atoms with Gasteiger partial charge in [-0.05, 0) is 32.4 Å². The molecule has 1 heterocycles. The molecule has 0 radical (unpaired) electrons. The van der Waals surface area contributed by atoms with Crippen molar-refractivity contribution in [1.82, 2.24) is 10.1 Å². The Morgan fingerprint density at radius 3 is 2.64 bits per heavy atom. The summed E-state index contributed by atoms with van der Waals surface area (Å²) < 4.78 is 4.93. The van der Waals surface area contributed by atoms with Gasteiger partial charge in [-0.2, -0.15) is 0 Å². The van der Waals surface area contributed by atoms with Gasteiger partial charge < -0.3 is 20.5 Å². The summed E-state index contributed by atoms with van der Waals surface area (Å²) in [4.78, 5) is 26.7. The Labute approximate surface area is 175 Å². The van der Waals surface area contributed by atoms with Crippen LogP contribution in [0.15, 0.2) is 40.9 Å². The Morgan fingerprint density at radius 2 is 2.04 bits per heavy atom. The van der Waals surface area contributed by atoms with Crippen molar-refractivity contribution in [2.24, 2.45) is 5.73 Å². The van der Waals surface area contributed by atoms with Gasteiger partial charge in [-0.3, -0.25) is 9.59 Å². The van der Waals surface area contributed by atoms with Gasteiger partial charge in [-0.1, -0.05) is 35.5 Å². The first kappa shape index (κ1) is 24.0. The third-order valence-corrected chi connectivity index (χ3v) is 5.03. The fourth-order valence-corrected chi connectivity index (χ4v) is 3.18. The molecule has 2 amide bonds. The van der Waals surface area contributed by atoms with Crippen LogP contribution >= 0.6 is 24.2 Å². The second-order valence-electron chi connectivity index (χ2n) is 6.21. The fourth-order valence-electron chi connectivity index (χ4n) is 2.39. The van der Waals surface area contributed by atoms with Crippen molar-refractivity contribution in [3.8, 4) is 0 Å². The molecule has 1 unspecified atom stereocenters. The lowest BCUT2D eigenvalue weighted by molar-refractivity contribution is -0.129. The van der Waals surface area contributed by atoms with Gasteiger partial charge in [0.2, 0.25) is 11.8 Å². The highest BCUT2D eigenvalue weighted by Gasteiger charge is 2.19. The van der Waals surface area contributed by atoms with Gasteiger partial charge in [0.25, 0.3) is 0 Å². The van der Waals surface area contributed by atoms with Gasteiger partial charge in [0.15, 0.2) is 5.82 Å². The molecular formula is C19H27ClN4O3S. The molecule has 3 N–H and O–H groups in total. The van der Waals surface area contributed by atoms with E-state index in [-0.39, 0.29) is 35.2 Å². The average molecular weight is 427 g/mol. The van der Waals surface area contributed by atoms with Gasteiger partial charge >= 0.3 is 0 Å². The molecule has 1 atom stereocenters. The first-order valence-electron chi connectivity index (χ1n) is 8.87. The normalized spacial score (nSPS) is 11.4. The fraction of sp³-hybridized carbons (Fsp3) is 0.421. The van der Waals surface area contributed by atoms with Crippen molar-refractivity contribution in [3.05, 3.63) is 47.7 Å². The predicted molar refractivity (Wildman–Crippen MR) is 115 cm³/mol. The number of rotatable bonds is 10. The topological polar surface area (TPSA) is 101 Å². The molecule has 2 aromatic rings. The highest BCUT2D eigenvalue weighted by Crippen LogP contribution is 2.16. The third kappa shape index (κ3) is 7.92. The van der Waals surface area contributed by atoms with E-state index in [0.717, 1.165) is 12.0 Å². The summed E-state index contributed by atoms with van der Waals surface area (Å²) in [5.41, 5.74) is 6.67. The SMILES string of the molecule is Cc1cc(NC(=O)C(C)SCC(=O)N(CCCN)Cc2ccccc2)no1.Cl. The average Bonchev–Trinajstić information content (AvgIpc) is 3.08. The van der Waals surface area contributed by atoms with Crippen molar-refractivity contribution >= 4 is 41.8 Å². The number of aromatic nitrogens is 1. The first-order valence-corrected chi connectivity index (χ1v) is 9.92. The molecule has 0 saturated heterocycles. The van der Waals surface area contributed by atoms with E-state index in [2.05, 4.69) is 10.5 Å². The Morgan fingerprint density at radius 1 is 1.32 bits per heavy atom. The maximum Gasteiger partial charge on any atom is 0.238 e. The molecule has 0 bridgehead atoms. The second-order valence-corrected chi connectivity index (χ2v) is 7.54. The number of aryl methyl sites for hydroxylation is 1. The summed E-state index contributed by atoms with van der Waals surface area (Å²) in [5, 5.41) is 6.03. The van der Waals surface area contributed by atoms with E-state index in [4.69, 9.17) is 10.3 Å². The van der Waals surface area contributed by atoms with Crippen molar-refractivity contribution in [2.45, 2.75) is 32.1 Å². The van der Waals surface area contributed by atoms with Crippen molar-refractivity contribution < 1.29 is 14.1 Å². The zero-order valence-electron chi connectivity index (χ0n) is 16.1. The largest absolute Gasteiger partial charge is 0.360 e. The predicted octanol–water partition coefficient (Wildman–Crippen LogP) is 2.84. The minimum atomic E-state index is -0.390. The zero-order valence-corrected chi connectivity index (χ0v) is 17.7. The Kier molecular flexibility index (Phi) is 10.7. The summed E-state index contributed by atoms with van der Waals surface area (Å²) >= 11 is 1.30. The number of nitrogens with zero attached hydrogens (tertiary/aromatic N) is 2. The van der Waals surface area contributed by atoms with Crippen LogP contribution in [0, 0.1) is 6.92 Å². The molecule has 0 aliphatic carbocycles. The van der Waals surface area contributed by atoms with E-state index < -0.39 is 0 Å². The van der Waals surface area contributed by atoms with Crippen LogP contribution in [0.2, 0.25) is 0 Å². The number of carbonyl (C=O) groups excluding carboxylic acids is 2. The summed E-state index contributed by atoms with van der Waals surface area (Å²) in [5.74, 6) is 1.01. The number of hydrogen-bond donors (Lipinski definition) is 2. The second kappa shape index (κ2) is 12.4. The molecule has 7 nitrogen and oxygen atoms in total. The van der Waals surface area contributed by atoms with Crippen LogP contribution in [0.4, 0.5) is 5.82 Å². The number of thioether (sulfide) groups is 1. The monoisotopic (exact) mass is 426 g/mol. The van der Waals surface area contributed by atoms with Crippen LogP contribution in [-0.2, 0) is 16.1 Å². The molecule has 0 fully saturated rings. The summed E-state index contributed by atoms with van der Waals surface area (Å²) in [6, 6.07) is 11.5. The number of carbonyl (C=O) groups is 2. The van der Waals surface area contributed by atoms with Crippen LogP contribution in [-0.4, -0.2) is 46.0 Å². The van der Waals surface area contributed by atoms with Crippen LogP contribution in [0.25, 0.3) is 0 Å². The van der Waals surface area contributed by atoms with Crippen molar-refractivity contribution in [2.75, 3.05) is 24.2 Å². The maximum absolute atomic E-state index is 12.6. The number of halogens is 1. The van der Waals surface area contributed by atoms with Gasteiger partial charge in [0.1, 0.15) is 5.76 Å². The van der Waals surface area contributed by atoms with Gasteiger partial charge in [0.05, 0.1) is 11.0 Å². The van der Waals surface area contributed by atoms with Crippen LogP contribution in [0.1, 0.15) is 24.7 Å². The molecule has 2 rings (SSSR count). The Bertz CT molecular complexity index is 742. The molecule has 28 heavy (non-hydrogen) atoms. The molecule has 154 valence electrons. The number of nitrogens with two attached hydrogens (primary N) is 1. The van der Waals surface area contributed by atoms with Gasteiger partial charge in [-0.15, -0.1) is 24.2 Å². The Hall–Kier alpha value is -2.03. The number of anilines is 1. The minimum absolute atomic E-state index is 0. The lowest BCUT2D eigenvalue weighted by Crippen LogP contribution is -2.35. The summed E-state index contributed by atoms with van der Waals surface area (Å²) in [6.07, 6.45) is 0.741. The molecule has 0 spiro atoms. The van der Waals surface area contributed by atoms with E-state index in [1.165, 1.54) is 11.8 Å². The van der Waals surface area contributed by atoms with Crippen LogP contribution in [0.5, 0.6) is 0 Å². The minimum Gasteiger partial charge on any atom is -0.360 e. The molecule has 0 saturated carbocycles. The quantitative estimate of drug-likeness (QED) is 0.605. The summed E-state index contributed by atoms with van der Waals surface area (Å²) in [6.45, 7) is 5.19. The zero-order chi connectivity index (χ0) is 19.6. The van der Waals surface area contributed by atoms with Crippen molar-refractivity contribution in [1.29, 1.82) is 0 Å². The van der Waals surface area contributed by atoms with Crippen LogP contribution < -0.4 is 11.1 Å². The number of amides is 2. The molecule has 9 heteroatoms. The standard InChI is InChI=1S/C19H26N4O3S.ClH/c1-14-11-17(22-26-14)21-19(25)15(2)27-13-18(24)23(10-6-9-20)12-16-7-4-3-5-8-16;/h3-5,7-8,11,15H,6,9-10,12-13,20H2,1-2H3,(H,21,22,25);1H. The first-order chi connectivity index (χ1) is 13.0. The maximum atomic E-state index is 12.6. The van der Waals surface area contributed by atoms with E-state index in [1.807, 2.05) is 30.3 Å². The van der Waals surface area contributed by atoms with E-state index >= 15 is 0 Å². The smallest absolute Gasteiger partial charge is 0.238 e. The lowest BCUT2D eigenvalue weighted by atomic mass is 10.2. The number of benzene rings is 1. The molecule has 0 aliphatic rings. The van der Waals surface area contributed by atoms with E-state index in [9.17, 15) is 9.59 Å². The highest BCUT2D eigenvalue weighted by atomic mass is 35.5.